The molecule has 3 unspecified atom stereocenters. The summed E-state index contributed by atoms with van der Waals surface area (Å²) in [6.45, 7) is 3.83. The third-order valence-electron chi connectivity index (χ3n) is 6.29. The van der Waals surface area contributed by atoms with Crippen LogP contribution in [0, 0.1) is 19.8 Å². The van der Waals surface area contributed by atoms with E-state index in [9.17, 15) is 14.4 Å². The molecule has 0 spiro atoms. The quantitative estimate of drug-likeness (QED) is 0.308. The van der Waals surface area contributed by atoms with Crippen LogP contribution in [-0.4, -0.2) is 37.5 Å². The van der Waals surface area contributed by atoms with Gasteiger partial charge >= 0.3 is 11.9 Å². The molecule has 1 fully saturated rings. The molecule has 1 aliphatic rings. The Morgan fingerprint density at radius 1 is 0.857 bits per heavy atom. The number of ketones is 1. The summed E-state index contributed by atoms with van der Waals surface area (Å²) < 4.78 is 16.1. The summed E-state index contributed by atoms with van der Waals surface area (Å²) in [4.78, 5) is 40.8. The van der Waals surface area contributed by atoms with Gasteiger partial charge in [0.15, 0.2) is 5.78 Å². The number of hydrogen-bond donors (Lipinski definition) is 1. The summed E-state index contributed by atoms with van der Waals surface area (Å²) in [5.74, 6) is -2.82. The molecule has 0 aromatic heterocycles. The van der Waals surface area contributed by atoms with Gasteiger partial charge in [-0.25, -0.2) is 9.59 Å². The standard InChI is InChI=1S/C28H27NO6/c1-17-5-9-19(10-6-17)24(30)23-25(20-11-15-22(33-3)16-12-20)35-27(32)28(23,26(31)34-4)29-21-13-7-18(2)8-14-21/h5-16,23,25,29H,1-4H3. The van der Waals surface area contributed by atoms with Gasteiger partial charge in [-0.05, 0) is 43.7 Å². The lowest BCUT2D eigenvalue weighted by molar-refractivity contribution is -0.156. The van der Waals surface area contributed by atoms with Crippen LogP contribution in [0.2, 0.25) is 0 Å². The molecule has 3 aromatic carbocycles. The van der Waals surface area contributed by atoms with Crippen molar-refractivity contribution in [3.8, 4) is 5.75 Å². The Balaban J connectivity index is 1.88. The molecule has 4 rings (SSSR count). The minimum absolute atomic E-state index is 0.358. The third-order valence-corrected chi connectivity index (χ3v) is 6.29. The van der Waals surface area contributed by atoms with Gasteiger partial charge in [0.25, 0.3) is 0 Å². The first-order chi connectivity index (χ1) is 16.8. The Kier molecular flexibility index (Phi) is 6.60. The average molecular weight is 474 g/mol. The topological polar surface area (TPSA) is 90.9 Å². The SMILES string of the molecule is COC(=O)C1(Nc2ccc(C)cc2)C(=O)OC(c2ccc(OC)cc2)C1C(=O)c1ccc(C)cc1. The zero-order valence-electron chi connectivity index (χ0n) is 20.0. The molecule has 3 atom stereocenters. The third kappa shape index (κ3) is 4.37. The Morgan fingerprint density at radius 2 is 1.43 bits per heavy atom. The highest BCUT2D eigenvalue weighted by Gasteiger charge is 2.66. The zero-order chi connectivity index (χ0) is 25.2. The molecule has 1 saturated heterocycles. The number of ether oxygens (including phenoxy) is 3. The van der Waals surface area contributed by atoms with E-state index in [0.717, 1.165) is 11.1 Å². The van der Waals surface area contributed by atoms with Crippen molar-refractivity contribution in [1.82, 2.24) is 0 Å². The molecule has 0 amide bonds. The van der Waals surface area contributed by atoms with Crippen molar-refractivity contribution >= 4 is 23.4 Å². The van der Waals surface area contributed by atoms with Crippen LogP contribution in [0.4, 0.5) is 5.69 Å². The predicted octanol–water partition coefficient (Wildman–Crippen LogP) is 4.43. The minimum Gasteiger partial charge on any atom is -0.497 e. The summed E-state index contributed by atoms with van der Waals surface area (Å²) >= 11 is 0. The van der Waals surface area contributed by atoms with E-state index in [1.54, 1.807) is 67.8 Å². The number of methoxy groups -OCH3 is 2. The molecule has 3 aromatic rings. The zero-order valence-corrected chi connectivity index (χ0v) is 20.0. The predicted molar refractivity (Wildman–Crippen MR) is 130 cm³/mol. The first kappa shape index (κ1) is 24.0. The van der Waals surface area contributed by atoms with E-state index in [0.29, 0.717) is 22.6 Å². The van der Waals surface area contributed by atoms with Crippen molar-refractivity contribution in [2.75, 3.05) is 19.5 Å². The molecule has 0 aliphatic carbocycles. The van der Waals surface area contributed by atoms with E-state index in [1.807, 2.05) is 26.0 Å². The van der Waals surface area contributed by atoms with Gasteiger partial charge < -0.3 is 19.5 Å². The first-order valence-corrected chi connectivity index (χ1v) is 11.2. The number of esters is 2. The maximum absolute atomic E-state index is 14.0. The molecule has 7 nitrogen and oxygen atoms in total. The number of rotatable bonds is 7. The van der Waals surface area contributed by atoms with Crippen molar-refractivity contribution in [3.05, 3.63) is 95.1 Å². The van der Waals surface area contributed by atoms with Gasteiger partial charge in [-0.1, -0.05) is 59.7 Å². The number of Topliss-reactive ketones (excluding diaryl/α,β-unsaturated/α-hetero) is 1. The largest absolute Gasteiger partial charge is 0.497 e. The Labute approximate surface area is 204 Å². The Hall–Kier alpha value is -4.13. The molecule has 1 aliphatic heterocycles. The second-order valence-electron chi connectivity index (χ2n) is 8.60. The van der Waals surface area contributed by atoms with Crippen LogP contribution in [0.3, 0.4) is 0 Å². The van der Waals surface area contributed by atoms with Crippen LogP contribution in [0.1, 0.15) is 33.2 Å². The van der Waals surface area contributed by atoms with Crippen LogP contribution < -0.4 is 10.1 Å². The maximum atomic E-state index is 14.0. The number of aryl methyl sites for hydroxylation is 2. The van der Waals surface area contributed by atoms with Crippen molar-refractivity contribution in [2.24, 2.45) is 5.92 Å². The Bertz CT molecular complexity index is 1230. The van der Waals surface area contributed by atoms with Gasteiger partial charge in [0.1, 0.15) is 17.8 Å². The molecule has 0 bridgehead atoms. The van der Waals surface area contributed by atoms with Crippen LogP contribution >= 0.6 is 0 Å². The highest BCUT2D eigenvalue weighted by Crippen LogP contribution is 2.46. The summed E-state index contributed by atoms with van der Waals surface area (Å²) in [7, 11) is 2.73. The second kappa shape index (κ2) is 9.62. The fourth-order valence-electron chi connectivity index (χ4n) is 4.33. The van der Waals surface area contributed by atoms with Gasteiger partial charge in [-0.3, -0.25) is 4.79 Å². The minimum atomic E-state index is -2.09. The Morgan fingerprint density at radius 3 is 1.97 bits per heavy atom. The van der Waals surface area contributed by atoms with E-state index in [1.165, 1.54) is 7.11 Å². The smallest absolute Gasteiger partial charge is 0.345 e. The van der Waals surface area contributed by atoms with Crippen molar-refractivity contribution in [3.63, 3.8) is 0 Å². The van der Waals surface area contributed by atoms with Crippen LogP contribution in [0.25, 0.3) is 0 Å². The van der Waals surface area contributed by atoms with E-state index < -0.39 is 35.3 Å². The van der Waals surface area contributed by atoms with E-state index >= 15 is 0 Å². The van der Waals surface area contributed by atoms with Gasteiger partial charge in [-0.15, -0.1) is 0 Å². The summed E-state index contributed by atoms with van der Waals surface area (Å²) in [5, 5.41) is 3.02. The lowest BCUT2D eigenvalue weighted by atomic mass is 9.75. The molecule has 1 N–H and O–H groups in total. The second-order valence-corrected chi connectivity index (χ2v) is 8.60. The molecule has 35 heavy (non-hydrogen) atoms. The van der Waals surface area contributed by atoms with E-state index in [-0.39, 0.29) is 0 Å². The van der Waals surface area contributed by atoms with Gasteiger partial charge in [0.2, 0.25) is 5.54 Å². The lowest BCUT2D eigenvalue weighted by Crippen LogP contribution is -2.58. The molecule has 1 heterocycles. The van der Waals surface area contributed by atoms with Crippen molar-refractivity contribution in [1.29, 1.82) is 0 Å². The summed E-state index contributed by atoms with van der Waals surface area (Å²) in [6.07, 6.45) is -1.03. The van der Waals surface area contributed by atoms with E-state index in [2.05, 4.69) is 5.32 Å². The normalized spacial score (nSPS) is 21.2. The maximum Gasteiger partial charge on any atom is 0.345 e. The number of nitrogens with one attached hydrogen (secondary N) is 1. The number of benzene rings is 3. The molecule has 0 radical (unpaired) electrons. The molecule has 7 heteroatoms. The summed E-state index contributed by atoms with van der Waals surface area (Å²) in [6, 6.07) is 21.0. The number of hydrogen-bond acceptors (Lipinski definition) is 7. The number of carbonyl (C=O) groups excluding carboxylic acids is 3. The first-order valence-electron chi connectivity index (χ1n) is 11.2. The van der Waals surface area contributed by atoms with E-state index in [4.69, 9.17) is 14.2 Å². The fraction of sp³-hybridized carbons (Fsp3) is 0.250. The molecular weight excluding hydrogens is 446 g/mol. The van der Waals surface area contributed by atoms with Crippen LogP contribution in [-0.2, 0) is 19.1 Å². The fourth-order valence-corrected chi connectivity index (χ4v) is 4.33. The van der Waals surface area contributed by atoms with Gasteiger partial charge in [0, 0.05) is 11.3 Å². The van der Waals surface area contributed by atoms with Gasteiger partial charge in [-0.2, -0.15) is 0 Å². The average Bonchev–Trinajstić information content (AvgIpc) is 3.17. The van der Waals surface area contributed by atoms with Gasteiger partial charge in [0.05, 0.1) is 14.2 Å². The van der Waals surface area contributed by atoms with Crippen molar-refractivity contribution < 1.29 is 28.6 Å². The number of anilines is 1. The van der Waals surface area contributed by atoms with Crippen LogP contribution in [0.5, 0.6) is 5.75 Å². The molecule has 0 saturated carbocycles. The monoisotopic (exact) mass is 473 g/mol. The highest BCUT2D eigenvalue weighted by atomic mass is 16.6. The highest BCUT2D eigenvalue weighted by molar-refractivity contribution is 6.16. The van der Waals surface area contributed by atoms with Crippen LogP contribution in [0.15, 0.2) is 72.8 Å². The molecular formula is C28H27NO6. The molecule has 180 valence electrons. The number of cyclic esters (lactones) is 1. The lowest BCUT2D eigenvalue weighted by Gasteiger charge is -2.31. The number of carbonyl (C=O) groups is 3. The van der Waals surface area contributed by atoms with Crippen molar-refractivity contribution in [2.45, 2.75) is 25.5 Å². The summed E-state index contributed by atoms with van der Waals surface area (Å²) in [5.41, 5.74) is 1.29.